The molecule has 2 aromatic rings. The maximum Gasteiger partial charge on any atom is 0.0705 e. The van der Waals surface area contributed by atoms with Crippen molar-refractivity contribution in [1.29, 1.82) is 0 Å². The number of pyridine rings is 1. The van der Waals surface area contributed by atoms with Crippen molar-refractivity contribution in [2.45, 2.75) is 38.5 Å². The molecule has 0 spiro atoms. The lowest BCUT2D eigenvalue weighted by Gasteiger charge is -2.22. The molecule has 1 aromatic heterocycles. The molecule has 0 saturated carbocycles. The molecule has 0 aliphatic carbocycles. The molecule has 0 saturated heterocycles. The highest BCUT2D eigenvalue weighted by Crippen LogP contribution is 2.27. The van der Waals surface area contributed by atoms with Crippen LogP contribution in [-0.2, 0) is 0 Å². The van der Waals surface area contributed by atoms with Gasteiger partial charge in [0.15, 0.2) is 0 Å². The van der Waals surface area contributed by atoms with Crippen LogP contribution in [0.5, 0.6) is 0 Å². The number of aromatic nitrogens is 1. The van der Waals surface area contributed by atoms with Crippen LogP contribution in [0.4, 0.5) is 0 Å². The molecule has 1 heterocycles. The molecule has 18 heavy (non-hydrogen) atoms. The van der Waals surface area contributed by atoms with E-state index in [0.717, 1.165) is 5.52 Å². The van der Waals surface area contributed by atoms with Crippen LogP contribution in [0.15, 0.2) is 36.5 Å². The van der Waals surface area contributed by atoms with Gasteiger partial charge in [-0.1, -0.05) is 30.1 Å². The first-order valence-electron chi connectivity index (χ1n) is 6.24. The molecule has 96 valence electrons. The largest absolute Gasteiger partial charge is 0.256 e. The van der Waals surface area contributed by atoms with E-state index >= 15 is 0 Å². The maximum atomic E-state index is 4.40. The molecule has 1 N–H and O–H groups in total. The first-order chi connectivity index (χ1) is 8.47. The van der Waals surface area contributed by atoms with Gasteiger partial charge in [0.1, 0.15) is 0 Å². The highest BCUT2D eigenvalue weighted by molar-refractivity contribution is 7.98. The Morgan fingerprint density at radius 1 is 1.17 bits per heavy atom. The minimum atomic E-state index is 0.219. The fourth-order valence-corrected chi connectivity index (χ4v) is 2.49. The predicted octanol–water partition coefficient (Wildman–Crippen LogP) is 4.33. The average Bonchev–Trinajstić information content (AvgIpc) is 2.34. The van der Waals surface area contributed by atoms with E-state index < -0.39 is 0 Å². The quantitative estimate of drug-likeness (QED) is 0.831. The third kappa shape index (κ3) is 3.24. The second-order valence-corrected chi connectivity index (χ2v) is 7.14. The summed E-state index contributed by atoms with van der Waals surface area (Å²) in [7, 11) is 0. The Bertz CT molecular complexity index is 526. The van der Waals surface area contributed by atoms with Gasteiger partial charge < -0.3 is 0 Å². The second-order valence-electron chi connectivity index (χ2n) is 5.47. The number of benzene rings is 1. The van der Waals surface area contributed by atoms with Crippen LogP contribution in [0.2, 0.25) is 0 Å². The van der Waals surface area contributed by atoms with E-state index in [1.807, 2.05) is 12.3 Å². The fraction of sp³-hybridized carbons (Fsp3) is 0.400. The molecule has 0 aliphatic heterocycles. The summed E-state index contributed by atoms with van der Waals surface area (Å²) in [6.45, 7) is 8.83. The molecule has 3 heteroatoms. The summed E-state index contributed by atoms with van der Waals surface area (Å²) in [6, 6.07) is 10.7. The van der Waals surface area contributed by atoms with Crippen LogP contribution < -0.4 is 4.72 Å². The third-order valence-electron chi connectivity index (χ3n) is 2.69. The Kier molecular flexibility index (Phi) is 3.93. The van der Waals surface area contributed by atoms with Crippen molar-refractivity contribution in [3.63, 3.8) is 0 Å². The average molecular weight is 260 g/mol. The van der Waals surface area contributed by atoms with Crippen molar-refractivity contribution in [3.8, 4) is 0 Å². The third-order valence-corrected chi connectivity index (χ3v) is 3.77. The molecule has 0 amide bonds. The molecule has 1 unspecified atom stereocenters. The van der Waals surface area contributed by atoms with Gasteiger partial charge in [-0.2, -0.15) is 0 Å². The summed E-state index contributed by atoms with van der Waals surface area (Å²) < 4.78 is 3.74. The summed E-state index contributed by atoms with van der Waals surface area (Å²) >= 11 is 1.77. The zero-order chi connectivity index (χ0) is 13.2. The minimum absolute atomic E-state index is 0.219. The van der Waals surface area contributed by atoms with E-state index in [-0.39, 0.29) is 4.75 Å². The van der Waals surface area contributed by atoms with E-state index in [0.29, 0.717) is 6.04 Å². The van der Waals surface area contributed by atoms with Gasteiger partial charge in [0.2, 0.25) is 0 Å². The molecule has 2 nitrogen and oxygen atoms in total. The topological polar surface area (TPSA) is 24.9 Å². The van der Waals surface area contributed by atoms with Crippen molar-refractivity contribution in [3.05, 3.63) is 42.1 Å². The molecule has 2 rings (SSSR count). The summed E-state index contributed by atoms with van der Waals surface area (Å²) in [6.07, 6.45) is 1.84. The number of nitrogens with zero attached hydrogens (tertiary/aromatic N) is 1. The van der Waals surface area contributed by atoms with Gasteiger partial charge in [0, 0.05) is 22.4 Å². The Hall–Kier alpha value is -1.06. The minimum Gasteiger partial charge on any atom is -0.256 e. The zero-order valence-electron chi connectivity index (χ0n) is 11.4. The van der Waals surface area contributed by atoms with E-state index in [2.05, 4.69) is 61.7 Å². The van der Waals surface area contributed by atoms with Crippen LogP contribution in [0.3, 0.4) is 0 Å². The van der Waals surface area contributed by atoms with E-state index in [4.69, 9.17) is 0 Å². The van der Waals surface area contributed by atoms with Crippen LogP contribution in [0, 0.1) is 0 Å². The molecule has 1 atom stereocenters. The van der Waals surface area contributed by atoms with Crippen LogP contribution in [0.25, 0.3) is 10.9 Å². The lowest BCUT2D eigenvalue weighted by Crippen LogP contribution is -2.20. The van der Waals surface area contributed by atoms with E-state index in [9.17, 15) is 0 Å². The number of fused-ring (bicyclic) bond motifs is 1. The molecule has 0 bridgehead atoms. The van der Waals surface area contributed by atoms with Crippen molar-refractivity contribution in [1.82, 2.24) is 9.71 Å². The van der Waals surface area contributed by atoms with Gasteiger partial charge in [-0.3, -0.25) is 9.71 Å². The molecule has 0 radical (unpaired) electrons. The Morgan fingerprint density at radius 2 is 1.94 bits per heavy atom. The van der Waals surface area contributed by atoms with Gasteiger partial charge in [-0.25, -0.2) is 0 Å². The second kappa shape index (κ2) is 5.29. The number of nitrogens with one attached hydrogen (secondary N) is 1. The molecular weight excluding hydrogens is 240 g/mol. The smallest absolute Gasteiger partial charge is 0.0705 e. The van der Waals surface area contributed by atoms with Crippen molar-refractivity contribution >= 4 is 22.9 Å². The van der Waals surface area contributed by atoms with Gasteiger partial charge >= 0.3 is 0 Å². The summed E-state index contributed by atoms with van der Waals surface area (Å²) in [4.78, 5) is 4.40. The molecular formula is C15H20N2S. The summed E-state index contributed by atoms with van der Waals surface area (Å²) in [5.74, 6) is 0. The summed E-state index contributed by atoms with van der Waals surface area (Å²) in [5, 5.41) is 1.23. The first kappa shape index (κ1) is 13.4. The van der Waals surface area contributed by atoms with E-state index in [1.165, 1.54) is 10.9 Å². The highest BCUT2D eigenvalue weighted by atomic mass is 32.2. The maximum absolute atomic E-state index is 4.40. The fourth-order valence-electron chi connectivity index (χ4n) is 1.83. The SMILES string of the molecule is CC(NSC(C)(C)C)c1cccc2ncccc12. The van der Waals surface area contributed by atoms with Gasteiger partial charge in [-0.05, 0) is 45.4 Å². The first-order valence-corrected chi connectivity index (χ1v) is 7.06. The predicted molar refractivity (Wildman–Crippen MR) is 80.6 cm³/mol. The Labute approximate surface area is 113 Å². The van der Waals surface area contributed by atoms with Crippen molar-refractivity contribution in [2.24, 2.45) is 0 Å². The lowest BCUT2D eigenvalue weighted by molar-refractivity contribution is 0.728. The lowest BCUT2D eigenvalue weighted by atomic mass is 10.0. The van der Waals surface area contributed by atoms with Gasteiger partial charge in [0.25, 0.3) is 0 Å². The van der Waals surface area contributed by atoms with Crippen molar-refractivity contribution in [2.75, 3.05) is 0 Å². The van der Waals surface area contributed by atoms with Crippen LogP contribution in [-0.4, -0.2) is 9.73 Å². The van der Waals surface area contributed by atoms with Gasteiger partial charge in [-0.15, -0.1) is 0 Å². The molecule has 0 fully saturated rings. The number of hydrogen-bond acceptors (Lipinski definition) is 3. The highest BCUT2D eigenvalue weighted by Gasteiger charge is 2.15. The summed E-state index contributed by atoms with van der Waals surface area (Å²) in [5.41, 5.74) is 2.36. The molecule has 0 aliphatic rings. The molecule has 1 aromatic carbocycles. The van der Waals surface area contributed by atoms with Crippen LogP contribution >= 0.6 is 11.9 Å². The van der Waals surface area contributed by atoms with Gasteiger partial charge in [0.05, 0.1) is 5.52 Å². The van der Waals surface area contributed by atoms with Crippen LogP contribution in [0.1, 0.15) is 39.3 Å². The Morgan fingerprint density at radius 3 is 2.67 bits per heavy atom. The normalized spacial score (nSPS) is 13.8. The zero-order valence-corrected chi connectivity index (χ0v) is 12.2. The number of hydrogen-bond donors (Lipinski definition) is 1. The monoisotopic (exact) mass is 260 g/mol. The Balaban J connectivity index is 2.25. The standard InChI is InChI=1S/C15H20N2S/c1-11(17-18-15(2,3)4)12-7-5-9-14-13(12)8-6-10-16-14/h5-11,17H,1-4H3. The van der Waals surface area contributed by atoms with E-state index in [1.54, 1.807) is 11.9 Å². The number of rotatable bonds is 3. The van der Waals surface area contributed by atoms with Crippen molar-refractivity contribution < 1.29 is 0 Å².